The van der Waals surface area contributed by atoms with Crippen molar-refractivity contribution in [3.63, 3.8) is 0 Å². The van der Waals surface area contributed by atoms with E-state index in [0.29, 0.717) is 25.9 Å². The molecule has 0 rings (SSSR count). The third-order valence-electron chi connectivity index (χ3n) is 3.04. The van der Waals surface area contributed by atoms with Crippen LogP contribution in [0.3, 0.4) is 0 Å². The Morgan fingerprint density at radius 3 is 2.18 bits per heavy atom. The van der Waals surface area contributed by atoms with Crippen LogP contribution in [0.25, 0.3) is 0 Å². The van der Waals surface area contributed by atoms with Crippen LogP contribution < -0.4 is 5.73 Å². The van der Waals surface area contributed by atoms with Crippen LogP contribution >= 0.6 is 0 Å². The second-order valence-corrected chi connectivity index (χ2v) is 5.27. The fourth-order valence-corrected chi connectivity index (χ4v) is 1.92. The molecule has 0 aromatic rings. The molecular formula is C13H27NO3. The van der Waals surface area contributed by atoms with E-state index in [1.807, 2.05) is 6.92 Å². The van der Waals surface area contributed by atoms with Crippen LogP contribution in [0.4, 0.5) is 0 Å². The van der Waals surface area contributed by atoms with E-state index in [9.17, 15) is 9.90 Å². The third kappa shape index (κ3) is 5.50. The van der Waals surface area contributed by atoms with Gasteiger partial charge in [-0.3, -0.25) is 4.79 Å². The monoisotopic (exact) mass is 245 g/mol. The maximum atomic E-state index is 12.0. The van der Waals surface area contributed by atoms with E-state index in [2.05, 4.69) is 0 Å². The molecule has 0 aliphatic carbocycles. The molecule has 102 valence electrons. The largest absolute Gasteiger partial charge is 0.466 e. The number of hydrogen-bond acceptors (Lipinski definition) is 4. The molecule has 0 aromatic carbocycles. The molecule has 0 bridgehead atoms. The third-order valence-corrected chi connectivity index (χ3v) is 3.04. The Labute approximate surface area is 105 Å². The van der Waals surface area contributed by atoms with E-state index in [-0.39, 0.29) is 12.5 Å². The maximum Gasteiger partial charge on any atom is 0.313 e. The summed E-state index contributed by atoms with van der Waals surface area (Å²) in [5.41, 5.74) is 4.36. The highest BCUT2D eigenvalue weighted by Crippen LogP contribution is 2.32. The molecule has 0 radical (unpaired) electrons. The van der Waals surface area contributed by atoms with Crippen molar-refractivity contribution in [1.29, 1.82) is 0 Å². The number of esters is 1. The Morgan fingerprint density at radius 1 is 1.24 bits per heavy atom. The molecule has 0 heterocycles. The lowest BCUT2D eigenvalue weighted by Crippen LogP contribution is -2.41. The van der Waals surface area contributed by atoms with Crippen LogP contribution in [0, 0.1) is 5.41 Å². The number of aliphatic hydroxyl groups is 1. The molecule has 0 aliphatic rings. The van der Waals surface area contributed by atoms with Gasteiger partial charge in [-0.15, -0.1) is 0 Å². The molecular weight excluding hydrogens is 218 g/mol. The molecule has 1 atom stereocenters. The number of ether oxygens (including phenoxy) is 1. The molecule has 0 amide bonds. The summed E-state index contributed by atoms with van der Waals surface area (Å²) in [5, 5.41) is 9.76. The van der Waals surface area contributed by atoms with Gasteiger partial charge in [-0.2, -0.15) is 0 Å². The van der Waals surface area contributed by atoms with Gasteiger partial charge in [-0.25, -0.2) is 0 Å². The zero-order chi connectivity index (χ0) is 13.5. The van der Waals surface area contributed by atoms with Crippen molar-refractivity contribution >= 4 is 5.97 Å². The predicted molar refractivity (Wildman–Crippen MR) is 68.6 cm³/mol. The van der Waals surface area contributed by atoms with E-state index >= 15 is 0 Å². The van der Waals surface area contributed by atoms with Crippen molar-refractivity contribution < 1.29 is 14.6 Å². The number of carbonyl (C=O) groups excluding carboxylic acids is 1. The standard InChI is InChI=1S/C13H27NO3/c1-5-7-13(10-14,11(15)17-6-2)9-8-12(3,4)16/h16H,5-10,14H2,1-4H3. The summed E-state index contributed by atoms with van der Waals surface area (Å²) >= 11 is 0. The van der Waals surface area contributed by atoms with E-state index in [0.717, 1.165) is 6.42 Å². The highest BCUT2D eigenvalue weighted by Gasteiger charge is 2.38. The van der Waals surface area contributed by atoms with Crippen molar-refractivity contribution in [2.24, 2.45) is 11.1 Å². The number of nitrogens with two attached hydrogens (primary N) is 1. The van der Waals surface area contributed by atoms with E-state index in [4.69, 9.17) is 10.5 Å². The predicted octanol–water partition coefficient (Wildman–Crippen LogP) is 1.85. The van der Waals surface area contributed by atoms with Crippen molar-refractivity contribution in [1.82, 2.24) is 0 Å². The second-order valence-electron chi connectivity index (χ2n) is 5.27. The molecule has 3 N–H and O–H groups in total. The fourth-order valence-electron chi connectivity index (χ4n) is 1.92. The van der Waals surface area contributed by atoms with Crippen LogP contribution in [-0.2, 0) is 9.53 Å². The average Bonchev–Trinajstić information content (AvgIpc) is 2.23. The van der Waals surface area contributed by atoms with E-state index < -0.39 is 11.0 Å². The molecule has 0 aromatic heterocycles. The zero-order valence-corrected chi connectivity index (χ0v) is 11.6. The van der Waals surface area contributed by atoms with Gasteiger partial charge in [0.25, 0.3) is 0 Å². The van der Waals surface area contributed by atoms with Crippen LogP contribution in [-0.4, -0.2) is 29.8 Å². The van der Waals surface area contributed by atoms with Gasteiger partial charge in [-0.1, -0.05) is 13.3 Å². The highest BCUT2D eigenvalue weighted by atomic mass is 16.5. The average molecular weight is 245 g/mol. The van der Waals surface area contributed by atoms with Crippen molar-refractivity contribution in [3.8, 4) is 0 Å². The first kappa shape index (κ1) is 16.4. The summed E-state index contributed by atoms with van der Waals surface area (Å²) in [4.78, 5) is 12.0. The summed E-state index contributed by atoms with van der Waals surface area (Å²) in [7, 11) is 0. The van der Waals surface area contributed by atoms with Gasteiger partial charge in [0.1, 0.15) is 0 Å². The first-order chi connectivity index (χ1) is 7.81. The maximum absolute atomic E-state index is 12.0. The molecule has 0 fully saturated rings. The summed E-state index contributed by atoms with van der Waals surface area (Å²) in [5.74, 6) is -0.228. The fraction of sp³-hybridized carbons (Fsp3) is 0.923. The first-order valence-corrected chi connectivity index (χ1v) is 6.41. The minimum absolute atomic E-state index is 0.228. The second kappa shape index (κ2) is 6.97. The van der Waals surface area contributed by atoms with Gasteiger partial charge in [0.15, 0.2) is 0 Å². The molecule has 0 saturated carbocycles. The Kier molecular flexibility index (Phi) is 6.72. The normalized spacial score (nSPS) is 15.4. The Hall–Kier alpha value is -0.610. The van der Waals surface area contributed by atoms with Crippen LogP contribution in [0.2, 0.25) is 0 Å². The number of hydrogen-bond donors (Lipinski definition) is 2. The van der Waals surface area contributed by atoms with Gasteiger partial charge in [0, 0.05) is 6.54 Å². The smallest absolute Gasteiger partial charge is 0.313 e. The summed E-state index contributed by atoms with van der Waals surface area (Å²) in [6.45, 7) is 7.94. The van der Waals surface area contributed by atoms with Crippen molar-refractivity contribution in [2.75, 3.05) is 13.2 Å². The molecule has 1 unspecified atom stereocenters. The lowest BCUT2D eigenvalue weighted by Gasteiger charge is -2.32. The number of carbonyl (C=O) groups is 1. The van der Waals surface area contributed by atoms with Crippen LogP contribution in [0.1, 0.15) is 53.4 Å². The molecule has 4 heteroatoms. The van der Waals surface area contributed by atoms with Gasteiger partial charge in [0.05, 0.1) is 17.6 Å². The molecule has 4 nitrogen and oxygen atoms in total. The van der Waals surface area contributed by atoms with Gasteiger partial charge >= 0.3 is 5.97 Å². The Balaban J connectivity index is 4.75. The lowest BCUT2D eigenvalue weighted by atomic mass is 9.77. The molecule has 0 spiro atoms. The van der Waals surface area contributed by atoms with Gasteiger partial charge in [0.2, 0.25) is 0 Å². The Morgan fingerprint density at radius 2 is 1.82 bits per heavy atom. The summed E-state index contributed by atoms with van der Waals surface area (Å²) in [6.07, 6.45) is 2.70. The van der Waals surface area contributed by atoms with Crippen LogP contribution in [0.5, 0.6) is 0 Å². The molecule has 17 heavy (non-hydrogen) atoms. The van der Waals surface area contributed by atoms with Crippen molar-refractivity contribution in [3.05, 3.63) is 0 Å². The van der Waals surface area contributed by atoms with Crippen LogP contribution in [0.15, 0.2) is 0 Å². The van der Waals surface area contributed by atoms with Gasteiger partial charge in [-0.05, 0) is 40.0 Å². The molecule has 0 aliphatic heterocycles. The SMILES string of the molecule is CCCC(CN)(CCC(C)(C)O)C(=O)OCC. The zero-order valence-electron chi connectivity index (χ0n) is 11.6. The van der Waals surface area contributed by atoms with Crippen molar-refractivity contribution in [2.45, 2.75) is 59.0 Å². The minimum atomic E-state index is -0.777. The molecule has 0 saturated heterocycles. The highest BCUT2D eigenvalue weighted by molar-refractivity contribution is 5.77. The quantitative estimate of drug-likeness (QED) is 0.640. The van der Waals surface area contributed by atoms with Gasteiger partial charge < -0.3 is 15.6 Å². The number of rotatable bonds is 8. The van der Waals surface area contributed by atoms with E-state index in [1.165, 1.54) is 0 Å². The first-order valence-electron chi connectivity index (χ1n) is 6.41. The topological polar surface area (TPSA) is 72.5 Å². The van der Waals surface area contributed by atoms with E-state index in [1.54, 1.807) is 20.8 Å². The minimum Gasteiger partial charge on any atom is -0.466 e. The lowest BCUT2D eigenvalue weighted by molar-refractivity contribution is -0.156. The summed E-state index contributed by atoms with van der Waals surface area (Å²) < 4.78 is 5.12. The Bertz CT molecular complexity index is 235. The summed E-state index contributed by atoms with van der Waals surface area (Å²) in [6, 6.07) is 0.